The summed E-state index contributed by atoms with van der Waals surface area (Å²) in [5.41, 5.74) is 8.40. The van der Waals surface area contributed by atoms with Gasteiger partial charge in [0.25, 0.3) is 0 Å². The van der Waals surface area contributed by atoms with Crippen molar-refractivity contribution in [2.75, 3.05) is 43.9 Å². The van der Waals surface area contributed by atoms with Gasteiger partial charge in [0, 0.05) is 43.1 Å². The number of hydrogen-bond donors (Lipinski definition) is 3. The first-order valence-electron chi connectivity index (χ1n) is 11.6. The molecule has 2 atom stereocenters. The molecule has 4 N–H and O–H groups in total. The van der Waals surface area contributed by atoms with Crippen molar-refractivity contribution >= 4 is 17.6 Å². The molecule has 4 rings (SSSR count). The Morgan fingerprint density at radius 1 is 1.23 bits per heavy atom. The highest BCUT2D eigenvalue weighted by Gasteiger charge is 2.42. The number of likely N-dealkylation sites (tertiary alicyclic amines) is 1. The number of nitrogen functional groups attached to an aromatic ring is 1. The number of anilines is 2. The molecule has 2 aromatic rings. The van der Waals surface area contributed by atoms with Crippen LogP contribution >= 0.6 is 0 Å². The summed E-state index contributed by atoms with van der Waals surface area (Å²) in [5.74, 6) is -0.792. The summed E-state index contributed by atoms with van der Waals surface area (Å²) in [7, 11) is 0. The van der Waals surface area contributed by atoms with E-state index in [0.717, 1.165) is 6.21 Å². The van der Waals surface area contributed by atoms with E-state index in [4.69, 9.17) is 11.1 Å². The van der Waals surface area contributed by atoms with Gasteiger partial charge >= 0.3 is 6.18 Å². The van der Waals surface area contributed by atoms with Gasteiger partial charge in [-0.05, 0) is 49.1 Å². The Bertz CT molecular complexity index is 1070. The Morgan fingerprint density at radius 3 is 2.60 bits per heavy atom. The lowest BCUT2D eigenvalue weighted by Gasteiger charge is -2.42. The van der Waals surface area contributed by atoms with Gasteiger partial charge < -0.3 is 16.5 Å². The number of nitrogens with zero attached hydrogens (tertiary/aromatic N) is 3. The lowest BCUT2D eigenvalue weighted by Crippen LogP contribution is -2.55. The number of hydrogen-bond acceptors (Lipinski definition) is 6. The summed E-state index contributed by atoms with van der Waals surface area (Å²) in [6, 6.07) is 4.76. The standard InChI is InChI=1S/C24H29F5N6/c1-14-9-17-16(3-4-19(31)18(17)10-30)22(35(14)13-24(27,28)29)20-5-6-21(23(26)33-20)32-15-11-34(12-15)8-2-7-25/h3-6,10,14-15,22,30,32H,2,7-9,11-13,31H2,1H3/t14-,22?/m1/s1. The van der Waals surface area contributed by atoms with Gasteiger partial charge in [-0.2, -0.15) is 17.6 Å². The second kappa shape index (κ2) is 10.1. The van der Waals surface area contributed by atoms with Crippen molar-refractivity contribution < 1.29 is 22.0 Å². The summed E-state index contributed by atoms with van der Waals surface area (Å²) >= 11 is 0. The van der Waals surface area contributed by atoms with E-state index in [1.54, 1.807) is 25.1 Å². The van der Waals surface area contributed by atoms with Crippen LogP contribution in [0.1, 0.15) is 41.8 Å². The molecule has 6 nitrogen and oxygen atoms in total. The first kappa shape index (κ1) is 25.3. The van der Waals surface area contributed by atoms with E-state index in [9.17, 15) is 17.6 Å². The highest BCUT2D eigenvalue weighted by molar-refractivity contribution is 5.88. The fraction of sp³-hybridized carbons (Fsp3) is 0.500. The highest BCUT2D eigenvalue weighted by Crippen LogP contribution is 2.41. The summed E-state index contributed by atoms with van der Waals surface area (Å²) in [6.45, 7) is 2.07. The predicted molar refractivity (Wildman–Crippen MR) is 125 cm³/mol. The topological polar surface area (TPSA) is 81.3 Å². The average Bonchev–Trinajstić information content (AvgIpc) is 2.76. The maximum atomic E-state index is 15.0. The summed E-state index contributed by atoms with van der Waals surface area (Å²) in [5, 5.41) is 10.8. The molecule has 0 saturated carbocycles. The predicted octanol–water partition coefficient (Wildman–Crippen LogP) is 4.15. The zero-order chi connectivity index (χ0) is 25.3. The molecule has 0 spiro atoms. The van der Waals surface area contributed by atoms with Crippen molar-refractivity contribution in [3.8, 4) is 0 Å². The molecule has 190 valence electrons. The largest absolute Gasteiger partial charge is 0.401 e. The number of aromatic nitrogens is 1. The van der Waals surface area contributed by atoms with Crippen LogP contribution in [0.3, 0.4) is 0 Å². The number of alkyl halides is 4. The van der Waals surface area contributed by atoms with Gasteiger partial charge in [0.1, 0.15) is 0 Å². The molecule has 1 aromatic heterocycles. The molecule has 1 fully saturated rings. The van der Waals surface area contributed by atoms with Crippen molar-refractivity contribution in [3.05, 3.63) is 52.6 Å². The average molecular weight is 497 g/mol. The van der Waals surface area contributed by atoms with Crippen LogP contribution in [0.15, 0.2) is 24.3 Å². The Hall–Kier alpha value is -2.79. The molecule has 3 heterocycles. The van der Waals surface area contributed by atoms with E-state index in [2.05, 4.69) is 15.2 Å². The third-order valence-corrected chi connectivity index (χ3v) is 6.70. The Kier molecular flexibility index (Phi) is 7.27. The molecule has 0 bridgehead atoms. The minimum absolute atomic E-state index is 0.00737. The molecule has 2 aliphatic rings. The number of nitrogens with one attached hydrogen (secondary N) is 2. The summed E-state index contributed by atoms with van der Waals surface area (Å²) in [6.07, 6.45) is -2.62. The van der Waals surface area contributed by atoms with Crippen LogP contribution in [-0.2, 0) is 6.42 Å². The number of halogens is 5. The van der Waals surface area contributed by atoms with Crippen LogP contribution in [0.2, 0.25) is 0 Å². The molecule has 1 saturated heterocycles. The van der Waals surface area contributed by atoms with Crippen LogP contribution in [0.25, 0.3) is 0 Å². The lowest BCUT2D eigenvalue weighted by molar-refractivity contribution is -0.155. The number of pyridine rings is 1. The van der Waals surface area contributed by atoms with Gasteiger partial charge in [-0.3, -0.25) is 14.2 Å². The van der Waals surface area contributed by atoms with Gasteiger partial charge in [-0.25, -0.2) is 4.98 Å². The molecule has 1 aromatic carbocycles. The van der Waals surface area contributed by atoms with Crippen molar-refractivity contribution in [1.29, 1.82) is 5.41 Å². The SMILES string of the molecule is C[C@@H]1Cc2c(ccc(N)c2C=N)C(c2ccc(NC3CN(CCCF)C3)c(F)n2)N1CC(F)(F)F. The minimum atomic E-state index is -4.46. The van der Waals surface area contributed by atoms with E-state index in [-0.39, 0.29) is 30.5 Å². The Labute approximate surface area is 200 Å². The van der Waals surface area contributed by atoms with Crippen molar-refractivity contribution in [1.82, 2.24) is 14.8 Å². The molecule has 0 radical (unpaired) electrons. The number of benzene rings is 1. The monoisotopic (exact) mass is 496 g/mol. The maximum Gasteiger partial charge on any atom is 0.401 e. The maximum absolute atomic E-state index is 15.0. The first-order valence-corrected chi connectivity index (χ1v) is 11.6. The van der Waals surface area contributed by atoms with E-state index in [1.165, 1.54) is 11.0 Å². The van der Waals surface area contributed by atoms with Gasteiger partial charge in [-0.15, -0.1) is 0 Å². The fourth-order valence-electron chi connectivity index (χ4n) is 5.04. The number of fused-ring (bicyclic) bond motifs is 1. The first-order chi connectivity index (χ1) is 16.6. The quantitative estimate of drug-likeness (QED) is 0.221. The second-order valence-corrected chi connectivity index (χ2v) is 9.24. The van der Waals surface area contributed by atoms with Gasteiger partial charge in [0.05, 0.1) is 36.7 Å². The molecule has 35 heavy (non-hydrogen) atoms. The van der Waals surface area contributed by atoms with E-state index in [1.807, 2.05) is 0 Å². The molecule has 11 heteroatoms. The zero-order valence-corrected chi connectivity index (χ0v) is 19.4. The normalized spacial score (nSPS) is 21.4. The van der Waals surface area contributed by atoms with Gasteiger partial charge in [0.2, 0.25) is 5.95 Å². The molecule has 2 aliphatic heterocycles. The highest BCUT2D eigenvalue weighted by atomic mass is 19.4. The third kappa shape index (κ3) is 5.40. The van der Waals surface area contributed by atoms with Crippen LogP contribution in [0, 0.1) is 11.4 Å². The second-order valence-electron chi connectivity index (χ2n) is 9.24. The van der Waals surface area contributed by atoms with Gasteiger partial charge in [-0.1, -0.05) is 6.07 Å². The van der Waals surface area contributed by atoms with Crippen LogP contribution in [-0.4, -0.2) is 72.1 Å². The number of nitrogens with two attached hydrogens (primary N) is 1. The molecule has 0 aliphatic carbocycles. The molecule has 0 amide bonds. The summed E-state index contributed by atoms with van der Waals surface area (Å²) < 4.78 is 67.9. The van der Waals surface area contributed by atoms with E-state index < -0.39 is 30.8 Å². The number of rotatable bonds is 8. The van der Waals surface area contributed by atoms with E-state index >= 15 is 4.39 Å². The van der Waals surface area contributed by atoms with Crippen molar-refractivity contribution in [3.63, 3.8) is 0 Å². The fourth-order valence-corrected chi connectivity index (χ4v) is 5.04. The molecular formula is C24H29F5N6. The van der Waals surface area contributed by atoms with Crippen LogP contribution in [0.5, 0.6) is 0 Å². The third-order valence-electron chi connectivity index (χ3n) is 6.70. The van der Waals surface area contributed by atoms with Gasteiger partial charge in [0.15, 0.2) is 0 Å². The summed E-state index contributed by atoms with van der Waals surface area (Å²) in [4.78, 5) is 7.41. The molecular weight excluding hydrogens is 467 g/mol. The smallest absolute Gasteiger partial charge is 0.398 e. The van der Waals surface area contributed by atoms with Crippen molar-refractivity contribution in [2.24, 2.45) is 0 Å². The zero-order valence-electron chi connectivity index (χ0n) is 19.4. The lowest BCUT2D eigenvalue weighted by atomic mass is 9.83. The molecule has 1 unspecified atom stereocenters. The Morgan fingerprint density at radius 2 is 1.97 bits per heavy atom. The Balaban J connectivity index is 1.64. The van der Waals surface area contributed by atoms with Crippen molar-refractivity contribution in [2.45, 2.75) is 44.1 Å². The van der Waals surface area contributed by atoms with Crippen LogP contribution in [0.4, 0.5) is 33.3 Å². The van der Waals surface area contributed by atoms with Crippen LogP contribution < -0.4 is 11.1 Å². The van der Waals surface area contributed by atoms with E-state index in [0.29, 0.717) is 48.4 Å². The minimum Gasteiger partial charge on any atom is -0.398 e.